The van der Waals surface area contributed by atoms with Crippen molar-refractivity contribution in [3.05, 3.63) is 89.1 Å². The number of aryl methyl sites for hydroxylation is 1. The van der Waals surface area contributed by atoms with Crippen molar-refractivity contribution >= 4 is 28.6 Å². The number of fused-ring (bicyclic) bond motifs is 2. The van der Waals surface area contributed by atoms with Crippen LogP contribution in [0.3, 0.4) is 0 Å². The monoisotopic (exact) mass is 621 g/mol. The molecule has 0 amide bonds. The normalized spacial score (nSPS) is 16.0. The zero-order chi connectivity index (χ0) is 31.0. The first-order valence-electron chi connectivity index (χ1n) is 14.2. The van der Waals surface area contributed by atoms with Crippen LogP contribution in [0, 0.1) is 17.5 Å². The van der Waals surface area contributed by atoms with Crippen LogP contribution >= 0.6 is 11.8 Å². The molecule has 2 N–H and O–H groups in total. The van der Waals surface area contributed by atoms with Gasteiger partial charge in [0.05, 0.1) is 29.2 Å². The highest BCUT2D eigenvalue weighted by molar-refractivity contribution is 7.99. The molecule has 228 valence electrons. The molecule has 1 atom stereocenters. The zero-order valence-electron chi connectivity index (χ0n) is 24.4. The fourth-order valence-electron chi connectivity index (χ4n) is 5.70. The van der Waals surface area contributed by atoms with Crippen molar-refractivity contribution in [3.8, 4) is 28.6 Å². The van der Waals surface area contributed by atoms with Crippen molar-refractivity contribution < 1.29 is 32.2 Å². The summed E-state index contributed by atoms with van der Waals surface area (Å²) in [5.41, 5.74) is 2.21. The fraction of sp³-hybridized carbons (Fsp3) is 0.273. The number of rotatable bonds is 9. The Hall–Kier alpha value is -4.38. The van der Waals surface area contributed by atoms with E-state index in [0.29, 0.717) is 36.3 Å². The van der Waals surface area contributed by atoms with E-state index >= 15 is 8.78 Å². The number of nitrogens with zero attached hydrogens (tertiary/aromatic N) is 1. The Morgan fingerprint density at radius 2 is 2.00 bits per heavy atom. The van der Waals surface area contributed by atoms with Gasteiger partial charge in [-0.05, 0) is 62.8 Å². The van der Waals surface area contributed by atoms with Gasteiger partial charge in [-0.15, -0.1) is 11.8 Å². The predicted octanol–water partition coefficient (Wildman–Crippen LogP) is 8.07. The van der Waals surface area contributed by atoms with E-state index in [2.05, 4.69) is 21.9 Å². The van der Waals surface area contributed by atoms with E-state index in [9.17, 15) is 9.18 Å². The van der Waals surface area contributed by atoms with Gasteiger partial charge in [0, 0.05) is 40.9 Å². The smallest absolute Gasteiger partial charge is 0.306 e. The lowest BCUT2D eigenvalue weighted by Crippen LogP contribution is -2.32. The van der Waals surface area contributed by atoms with Crippen LogP contribution in [0.5, 0.6) is 17.2 Å². The van der Waals surface area contributed by atoms with Crippen molar-refractivity contribution in [1.82, 2.24) is 15.0 Å². The van der Waals surface area contributed by atoms with Gasteiger partial charge in [0.2, 0.25) is 5.82 Å². The summed E-state index contributed by atoms with van der Waals surface area (Å²) in [7, 11) is 0. The number of thioether (sulfide) groups is 1. The van der Waals surface area contributed by atoms with Gasteiger partial charge in [-0.1, -0.05) is 18.2 Å². The van der Waals surface area contributed by atoms with Crippen LogP contribution in [0.1, 0.15) is 43.5 Å². The molecule has 0 fully saturated rings. The number of imidazole rings is 1. The second-order valence-electron chi connectivity index (χ2n) is 10.7. The molecule has 0 spiro atoms. The number of halogens is 3. The number of H-pyrrole nitrogens is 2. The highest BCUT2D eigenvalue weighted by Gasteiger charge is 2.38. The molecule has 1 unspecified atom stereocenters. The molecule has 0 radical (unpaired) electrons. The van der Waals surface area contributed by atoms with E-state index in [1.54, 1.807) is 25.4 Å². The van der Waals surface area contributed by atoms with Crippen molar-refractivity contribution in [2.75, 3.05) is 19.5 Å². The molecule has 3 heterocycles. The van der Waals surface area contributed by atoms with Crippen molar-refractivity contribution in [2.45, 2.75) is 43.4 Å². The van der Waals surface area contributed by atoms with E-state index in [0.717, 1.165) is 22.6 Å². The average molecular weight is 622 g/mol. The molecule has 7 nitrogen and oxygen atoms in total. The van der Waals surface area contributed by atoms with Crippen LogP contribution in [0.2, 0.25) is 0 Å². The summed E-state index contributed by atoms with van der Waals surface area (Å²) in [4.78, 5) is 22.9. The molecule has 0 bridgehead atoms. The number of carbonyl (C=O) groups excluding carboxylic acids is 1. The van der Waals surface area contributed by atoms with E-state index in [-0.39, 0.29) is 40.8 Å². The minimum absolute atomic E-state index is 0.0522. The van der Waals surface area contributed by atoms with Crippen molar-refractivity contribution in [3.63, 3.8) is 0 Å². The fourth-order valence-corrected chi connectivity index (χ4v) is 6.41. The van der Waals surface area contributed by atoms with E-state index < -0.39 is 22.9 Å². The summed E-state index contributed by atoms with van der Waals surface area (Å²) in [6.07, 6.45) is 6.30. The number of carbonyl (C=O) groups is 1. The highest BCUT2D eigenvalue weighted by Crippen LogP contribution is 2.46. The molecular weight excluding hydrogens is 591 g/mol. The average Bonchev–Trinajstić information content (AvgIpc) is 3.72. The van der Waals surface area contributed by atoms with Gasteiger partial charge in [-0.3, -0.25) is 4.79 Å². The minimum atomic E-state index is -1.14. The molecule has 3 aromatic carbocycles. The van der Waals surface area contributed by atoms with Gasteiger partial charge in [-0.2, -0.15) is 4.39 Å². The van der Waals surface area contributed by atoms with Crippen LogP contribution in [-0.2, 0) is 21.4 Å². The predicted molar refractivity (Wildman–Crippen MR) is 162 cm³/mol. The first-order chi connectivity index (χ1) is 21.2. The zero-order valence-corrected chi connectivity index (χ0v) is 25.2. The second-order valence-corrected chi connectivity index (χ2v) is 11.5. The van der Waals surface area contributed by atoms with Gasteiger partial charge in [0.1, 0.15) is 23.1 Å². The summed E-state index contributed by atoms with van der Waals surface area (Å²) in [6, 6.07) is 11.5. The van der Waals surface area contributed by atoms with Crippen molar-refractivity contribution in [1.29, 1.82) is 0 Å². The summed E-state index contributed by atoms with van der Waals surface area (Å²) < 4.78 is 62.1. The Labute approximate surface area is 256 Å². The number of hydrogen-bond donors (Lipinski definition) is 2. The van der Waals surface area contributed by atoms with Crippen LogP contribution in [0.15, 0.2) is 59.8 Å². The third kappa shape index (κ3) is 5.19. The van der Waals surface area contributed by atoms with Gasteiger partial charge < -0.3 is 24.2 Å². The number of esters is 1. The molecular formula is C33H30F3N3O4S. The third-order valence-electron chi connectivity index (χ3n) is 8.04. The summed E-state index contributed by atoms with van der Waals surface area (Å²) >= 11 is 1.22. The Bertz CT molecular complexity index is 1870. The van der Waals surface area contributed by atoms with E-state index in [1.165, 1.54) is 36.2 Å². The van der Waals surface area contributed by atoms with Crippen LogP contribution in [0.25, 0.3) is 22.3 Å². The lowest BCUT2D eigenvalue weighted by molar-refractivity contribution is -0.143. The Kier molecular flexibility index (Phi) is 8.06. The number of aromatic nitrogens is 3. The van der Waals surface area contributed by atoms with Crippen molar-refractivity contribution in [2.24, 2.45) is 0 Å². The topological polar surface area (TPSA) is 89.2 Å². The summed E-state index contributed by atoms with van der Waals surface area (Å²) in [5.74, 6) is -2.18. The Morgan fingerprint density at radius 1 is 1.16 bits per heavy atom. The molecule has 44 heavy (non-hydrogen) atoms. The second kappa shape index (κ2) is 12.0. The van der Waals surface area contributed by atoms with Gasteiger partial charge in [-0.25, -0.2) is 13.8 Å². The number of hydrogen-bond acceptors (Lipinski definition) is 6. The molecule has 1 aliphatic rings. The van der Waals surface area contributed by atoms with Crippen LogP contribution in [0.4, 0.5) is 13.2 Å². The number of nitrogens with one attached hydrogen (secondary N) is 2. The molecule has 0 saturated carbocycles. The SMILES string of the molecule is CCOC(=O)CCc1cccc2c1OCCC2(C)c1cnc(-c2cc(Oc3c(F)c(F)c4[nH]ccc4c3SC)ccc2F)[nH]1. The highest BCUT2D eigenvalue weighted by atomic mass is 32.2. The van der Waals surface area contributed by atoms with E-state index in [1.807, 2.05) is 18.2 Å². The Morgan fingerprint density at radius 3 is 2.80 bits per heavy atom. The standard InChI is InChI=1S/C33H30F3N3O4S/c1-4-41-25(40)11-8-18-6-5-7-22-29(18)42-15-13-33(22,2)24-17-38-32(39-24)21-16-19(9-10-23(21)34)43-30-27(36)26(35)28-20(12-14-37-28)31(30)44-3/h5-7,9-10,12,14,16-17,37H,4,8,11,13,15H2,1-3H3,(H,38,39). The largest absolute Gasteiger partial charge is 0.493 e. The summed E-state index contributed by atoms with van der Waals surface area (Å²) in [6.45, 7) is 4.61. The maximum atomic E-state index is 15.2. The Balaban J connectivity index is 1.32. The quantitative estimate of drug-likeness (QED) is 0.128. The number of para-hydroxylation sites is 1. The molecule has 2 aromatic heterocycles. The van der Waals surface area contributed by atoms with E-state index in [4.69, 9.17) is 14.2 Å². The number of benzene rings is 3. The third-order valence-corrected chi connectivity index (χ3v) is 8.85. The number of aromatic amines is 2. The first-order valence-corrected chi connectivity index (χ1v) is 15.4. The molecule has 0 aliphatic carbocycles. The first kappa shape index (κ1) is 29.7. The van der Waals surface area contributed by atoms with Crippen LogP contribution < -0.4 is 9.47 Å². The lowest BCUT2D eigenvalue weighted by Gasteiger charge is -2.36. The van der Waals surface area contributed by atoms with Gasteiger partial charge in [0.15, 0.2) is 11.6 Å². The minimum Gasteiger partial charge on any atom is -0.493 e. The van der Waals surface area contributed by atoms with Crippen LogP contribution in [-0.4, -0.2) is 40.4 Å². The molecule has 0 saturated heterocycles. The molecule has 6 rings (SSSR count). The van der Waals surface area contributed by atoms with Gasteiger partial charge in [0.25, 0.3) is 0 Å². The summed E-state index contributed by atoms with van der Waals surface area (Å²) in [5, 5.41) is 0.485. The molecule has 1 aliphatic heterocycles. The van der Waals surface area contributed by atoms with Gasteiger partial charge >= 0.3 is 5.97 Å². The maximum absolute atomic E-state index is 15.2. The molecule has 11 heteroatoms. The number of ether oxygens (including phenoxy) is 3. The maximum Gasteiger partial charge on any atom is 0.306 e. The molecule has 5 aromatic rings. The lowest BCUT2D eigenvalue weighted by atomic mass is 9.74.